The van der Waals surface area contributed by atoms with Crippen molar-refractivity contribution in [3.63, 3.8) is 0 Å². The highest BCUT2D eigenvalue weighted by molar-refractivity contribution is 6.01. The molecule has 0 saturated carbocycles. The Labute approximate surface area is 183 Å². The minimum Gasteiger partial charge on any atom is -0.490 e. The molecular formula is C25H28N2O4. The van der Waals surface area contributed by atoms with Gasteiger partial charge in [0.15, 0.2) is 11.5 Å². The molecular weight excluding hydrogens is 392 g/mol. The second-order valence-electron chi connectivity index (χ2n) is 7.43. The number of aryl methyl sites for hydroxylation is 1. The molecule has 1 atom stereocenters. The summed E-state index contributed by atoms with van der Waals surface area (Å²) < 4.78 is 17.2. The number of nitrogens with one attached hydrogen (secondary N) is 1. The fourth-order valence-corrected chi connectivity index (χ4v) is 3.39. The maximum absolute atomic E-state index is 12.4. The number of amides is 1. The summed E-state index contributed by atoms with van der Waals surface area (Å²) in [4.78, 5) is 12.4. The zero-order valence-corrected chi connectivity index (χ0v) is 18.0. The number of hydrogen-bond acceptors (Lipinski definition) is 5. The van der Waals surface area contributed by atoms with Gasteiger partial charge in [0.2, 0.25) is 0 Å². The summed E-state index contributed by atoms with van der Waals surface area (Å²) in [6, 6.07) is 15.5. The number of ether oxygens (including phenoxy) is 3. The van der Waals surface area contributed by atoms with Gasteiger partial charge >= 0.3 is 0 Å². The van der Waals surface area contributed by atoms with E-state index in [9.17, 15) is 10.1 Å². The number of benzene rings is 2. The van der Waals surface area contributed by atoms with Crippen molar-refractivity contribution in [3.05, 3.63) is 64.7 Å². The third-order valence-corrected chi connectivity index (χ3v) is 4.93. The van der Waals surface area contributed by atoms with Crippen molar-refractivity contribution in [2.24, 2.45) is 0 Å². The van der Waals surface area contributed by atoms with Gasteiger partial charge in [-0.2, -0.15) is 5.26 Å². The summed E-state index contributed by atoms with van der Waals surface area (Å²) in [5.74, 6) is 0.776. The molecule has 1 heterocycles. The van der Waals surface area contributed by atoms with Crippen LogP contribution in [0.3, 0.4) is 0 Å². The third kappa shape index (κ3) is 6.59. The zero-order chi connectivity index (χ0) is 22.1. The van der Waals surface area contributed by atoms with Crippen LogP contribution in [0.1, 0.15) is 36.5 Å². The van der Waals surface area contributed by atoms with E-state index in [1.807, 2.05) is 38.1 Å². The highest BCUT2D eigenvalue weighted by atomic mass is 16.5. The van der Waals surface area contributed by atoms with Crippen molar-refractivity contribution >= 4 is 12.0 Å². The predicted octanol–water partition coefficient (Wildman–Crippen LogP) is 4.17. The Kier molecular flexibility index (Phi) is 8.08. The average Bonchev–Trinajstić information content (AvgIpc) is 3.29. The minimum atomic E-state index is -0.407. The van der Waals surface area contributed by atoms with Crippen LogP contribution in [-0.4, -0.2) is 31.8 Å². The van der Waals surface area contributed by atoms with E-state index in [0.717, 1.165) is 25.0 Å². The van der Waals surface area contributed by atoms with E-state index in [1.165, 1.54) is 5.56 Å². The van der Waals surface area contributed by atoms with Crippen LogP contribution >= 0.6 is 0 Å². The van der Waals surface area contributed by atoms with Crippen LogP contribution in [0.2, 0.25) is 0 Å². The van der Waals surface area contributed by atoms with Gasteiger partial charge in [-0.3, -0.25) is 4.79 Å². The number of carbonyl (C=O) groups excluding carboxylic acids is 1. The number of hydrogen-bond donors (Lipinski definition) is 1. The first-order valence-electron chi connectivity index (χ1n) is 10.6. The Balaban J connectivity index is 1.70. The number of rotatable bonds is 9. The van der Waals surface area contributed by atoms with Crippen LogP contribution in [-0.2, 0) is 16.1 Å². The van der Waals surface area contributed by atoms with Gasteiger partial charge in [-0.25, -0.2) is 0 Å². The van der Waals surface area contributed by atoms with Gasteiger partial charge in [0.05, 0.1) is 12.7 Å². The smallest absolute Gasteiger partial charge is 0.262 e. The fraction of sp³-hybridized carbons (Fsp3) is 0.360. The molecule has 0 unspecified atom stereocenters. The van der Waals surface area contributed by atoms with Gasteiger partial charge in [0, 0.05) is 13.2 Å². The fourth-order valence-electron chi connectivity index (χ4n) is 3.39. The molecule has 1 amide bonds. The molecule has 31 heavy (non-hydrogen) atoms. The molecule has 3 rings (SSSR count). The van der Waals surface area contributed by atoms with Crippen LogP contribution in [0, 0.1) is 18.3 Å². The standard InChI is InChI=1S/C25H28N2O4/c1-3-29-24-14-19(9-10-23(24)31-17-20-7-4-6-18(2)12-20)13-21(15-26)25(28)27-16-22-8-5-11-30-22/h4,6-7,9-10,12-14,22H,3,5,8,11,16-17H2,1-2H3,(H,27,28)/b21-13+/t22-/m1/s1. The third-order valence-electron chi connectivity index (χ3n) is 4.93. The molecule has 6 heteroatoms. The van der Waals surface area contributed by atoms with Gasteiger partial charge in [0.25, 0.3) is 5.91 Å². The molecule has 1 aliphatic rings. The van der Waals surface area contributed by atoms with Crippen LogP contribution < -0.4 is 14.8 Å². The van der Waals surface area contributed by atoms with Gasteiger partial charge < -0.3 is 19.5 Å². The van der Waals surface area contributed by atoms with Crippen LogP contribution in [0.5, 0.6) is 11.5 Å². The van der Waals surface area contributed by atoms with Crippen molar-refractivity contribution in [2.75, 3.05) is 19.8 Å². The molecule has 2 aromatic carbocycles. The molecule has 1 saturated heterocycles. The summed E-state index contributed by atoms with van der Waals surface area (Å²) in [5.41, 5.74) is 2.97. The topological polar surface area (TPSA) is 80.6 Å². The Morgan fingerprint density at radius 3 is 2.84 bits per heavy atom. The van der Waals surface area contributed by atoms with Crippen LogP contribution in [0.15, 0.2) is 48.0 Å². The Morgan fingerprint density at radius 2 is 2.13 bits per heavy atom. The molecule has 1 N–H and O–H groups in total. The lowest BCUT2D eigenvalue weighted by Crippen LogP contribution is -2.32. The first-order valence-corrected chi connectivity index (χ1v) is 10.6. The molecule has 1 aliphatic heterocycles. The molecule has 0 aliphatic carbocycles. The van der Waals surface area contributed by atoms with E-state index in [0.29, 0.717) is 36.8 Å². The summed E-state index contributed by atoms with van der Waals surface area (Å²) in [7, 11) is 0. The van der Waals surface area contributed by atoms with Crippen molar-refractivity contribution in [1.82, 2.24) is 5.32 Å². The second-order valence-corrected chi connectivity index (χ2v) is 7.43. The lowest BCUT2D eigenvalue weighted by atomic mass is 10.1. The van der Waals surface area contributed by atoms with E-state index < -0.39 is 5.91 Å². The Morgan fingerprint density at radius 1 is 1.26 bits per heavy atom. The normalized spacial score (nSPS) is 15.9. The van der Waals surface area contributed by atoms with Gasteiger partial charge in [-0.05, 0) is 56.0 Å². The zero-order valence-electron chi connectivity index (χ0n) is 18.0. The highest BCUT2D eigenvalue weighted by Crippen LogP contribution is 2.30. The number of carbonyl (C=O) groups is 1. The van der Waals surface area contributed by atoms with E-state index in [4.69, 9.17) is 14.2 Å². The number of nitriles is 1. The van der Waals surface area contributed by atoms with E-state index >= 15 is 0 Å². The maximum Gasteiger partial charge on any atom is 0.262 e. The predicted molar refractivity (Wildman–Crippen MR) is 119 cm³/mol. The van der Waals surface area contributed by atoms with Gasteiger partial charge in [-0.15, -0.1) is 0 Å². The summed E-state index contributed by atoms with van der Waals surface area (Å²) in [6.45, 7) is 5.97. The van der Waals surface area contributed by atoms with Crippen molar-refractivity contribution in [2.45, 2.75) is 39.4 Å². The molecule has 2 aromatic rings. The molecule has 162 valence electrons. The lowest BCUT2D eigenvalue weighted by molar-refractivity contribution is -0.117. The van der Waals surface area contributed by atoms with E-state index in [1.54, 1.807) is 24.3 Å². The quantitative estimate of drug-likeness (QED) is 0.486. The highest BCUT2D eigenvalue weighted by Gasteiger charge is 2.18. The monoisotopic (exact) mass is 420 g/mol. The Hall–Kier alpha value is -3.30. The van der Waals surface area contributed by atoms with Gasteiger partial charge in [0.1, 0.15) is 18.2 Å². The van der Waals surface area contributed by atoms with Crippen molar-refractivity contribution in [1.29, 1.82) is 5.26 Å². The van der Waals surface area contributed by atoms with Crippen molar-refractivity contribution < 1.29 is 19.0 Å². The molecule has 0 radical (unpaired) electrons. The molecule has 0 aromatic heterocycles. The summed E-state index contributed by atoms with van der Waals surface area (Å²) in [5, 5.41) is 12.2. The summed E-state index contributed by atoms with van der Waals surface area (Å²) >= 11 is 0. The molecule has 6 nitrogen and oxygen atoms in total. The second kappa shape index (κ2) is 11.2. The maximum atomic E-state index is 12.4. The number of nitrogens with zero attached hydrogens (tertiary/aromatic N) is 1. The van der Waals surface area contributed by atoms with E-state index in [2.05, 4.69) is 11.4 Å². The largest absolute Gasteiger partial charge is 0.490 e. The molecule has 0 bridgehead atoms. The molecule has 0 spiro atoms. The van der Waals surface area contributed by atoms with Crippen LogP contribution in [0.25, 0.3) is 6.08 Å². The summed E-state index contributed by atoms with van der Waals surface area (Å²) in [6.07, 6.45) is 3.50. The Bertz CT molecular complexity index is 972. The first-order chi connectivity index (χ1) is 15.1. The van der Waals surface area contributed by atoms with Crippen molar-refractivity contribution in [3.8, 4) is 17.6 Å². The lowest BCUT2D eigenvalue weighted by Gasteiger charge is -2.13. The SMILES string of the molecule is CCOc1cc(/C=C(\C#N)C(=O)NC[C@H]2CCCO2)ccc1OCc1cccc(C)c1. The first kappa shape index (κ1) is 22.4. The minimum absolute atomic E-state index is 0.0262. The van der Waals surface area contributed by atoms with E-state index in [-0.39, 0.29) is 11.7 Å². The van der Waals surface area contributed by atoms with Gasteiger partial charge in [-0.1, -0.05) is 35.9 Å². The van der Waals surface area contributed by atoms with Crippen LogP contribution in [0.4, 0.5) is 0 Å². The average molecular weight is 421 g/mol. The molecule has 1 fully saturated rings.